The highest BCUT2D eigenvalue weighted by atomic mass is 19.1. The highest BCUT2D eigenvalue weighted by molar-refractivity contribution is 5.51. The molecule has 0 spiro atoms. The Kier molecular flexibility index (Phi) is 3.37. The van der Waals surface area contributed by atoms with Gasteiger partial charge in [-0.15, -0.1) is 0 Å². The molecule has 5 heteroatoms. The second kappa shape index (κ2) is 4.95. The van der Waals surface area contributed by atoms with Crippen molar-refractivity contribution in [1.29, 1.82) is 0 Å². The van der Waals surface area contributed by atoms with Crippen LogP contribution in [0.15, 0.2) is 24.5 Å². The van der Waals surface area contributed by atoms with Crippen LogP contribution in [0.4, 0.5) is 10.1 Å². The summed E-state index contributed by atoms with van der Waals surface area (Å²) >= 11 is 0. The molecular weight excluding hydrogens is 219 g/mol. The first-order valence-electron chi connectivity index (χ1n) is 5.58. The van der Waals surface area contributed by atoms with Crippen LogP contribution in [0.1, 0.15) is 18.3 Å². The molecule has 2 aromatic rings. The molecule has 0 aliphatic heterocycles. The summed E-state index contributed by atoms with van der Waals surface area (Å²) in [6, 6.07) is 5.01. The van der Waals surface area contributed by atoms with Crippen LogP contribution >= 0.6 is 0 Å². The number of hydrogen-bond donors (Lipinski definition) is 1. The molecule has 90 valence electrons. The first kappa shape index (κ1) is 11.6. The number of aromatic nitrogens is 3. The number of rotatable bonds is 4. The molecule has 1 aromatic carbocycles. The minimum atomic E-state index is -0.243. The maximum atomic E-state index is 13.6. The quantitative estimate of drug-likeness (QED) is 0.883. The topological polar surface area (TPSA) is 42.7 Å². The highest BCUT2D eigenvalue weighted by Gasteiger charge is 2.07. The van der Waals surface area contributed by atoms with Crippen molar-refractivity contribution < 1.29 is 4.39 Å². The molecule has 0 unspecified atom stereocenters. The molecule has 2 rings (SSSR count). The van der Waals surface area contributed by atoms with E-state index in [0.29, 0.717) is 12.2 Å². The van der Waals surface area contributed by atoms with Crippen LogP contribution in [0, 0.1) is 12.7 Å². The maximum Gasteiger partial charge on any atom is 0.146 e. The molecule has 0 amide bonds. The lowest BCUT2D eigenvalue weighted by Gasteiger charge is -2.10. The predicted molar refractivity (Wildman–Crippen MR) is 64.2 cm³/mol. The van der Waals surface area contributed by atoms with Gasteiger partial charge in [-0.25, -0.2) is 14.1 Å². The van der Waals surface area contributed by atoms with E-state index in [4.69, 9.17) is 0 Å². The average Bonchev–Trinajstić information content (AvgIpc) is 2.76. The molecule has 0 bridgehead atoms. The van der Waals surface area contributed by atoms with Crippen LogP contribution < -0.4 is 5.32 Å². The summed E-state index contributed by atoms with van der Waals surface area (Å²) in [4.78, 5) is 4.13. The van der Waals surface area contributed by atoms with Gasteiger partial charge in [-0.2, -0.15) is 5.10 Å². The monoisotopic (exact) mass is 234 g/mol. The summed E-state index contributed by atoms with van der Waals surface area (Å²) in [5.74, 6) is 0.558. The van der Waals surface area contributed by atoms with E-state index in [-0.39, 0.29) is 5.82 Å². The van der Waals surface area contributed by atoms with Crippen LogP contribution in [0.5, 0.6) is 0 Å². The first-order valence-corrected chi connectivity index (χ1v) is 5.58. The van der Waals surface area contributed by atoms with Gasteiger partial charge in [-0.1, -0.05) is 12.1 Å². The van der Waals surface area contributed by atoms with Gasteiger partial charge >= 0.3 is 0 Å². The zero-order chi connectivity index (χ0) is 12.3. The van der Waals surface area contributed by atoms with Crippen molar-refractivity contribution in [3.63, 3.8) is 0 Å². The lowest BCUT2D eigenvalue weighted by molar-refractivity contribution is 0.614. The van der Waals surface area contributed by atoms with E-state index < -0.39 is 0 Å². The summed E-state index contributed by atoms with van der Waals surface area (Å²) in [6.07, 6.45) is 1.51. The van der Waals surface area contributed by atoms with Gasteiger partial charge in [0.2, 0.25) is 0 Å². The predicted octanol–water partition coefficient (Wildman–Crippen LogP) is 2.36. The lowest BCUT2D eigenvalue weighted by Crippen LogP contribution is -2.10. The normalized spacial score (nSPS) is 10.5. The zero-order valence-corrected chi connectivity index (χ0v) is 9.94. The molecule has 0 saturated heterocycles. The van der Waals surface area contributed by atoms with E-state index in [1.54, 1.807) is 10.7 Å². The van der Waals surface area contributed by atoms with Gasteiger partial charge in [0.05, 0.1) is 12.2 Å². The molecule has 17 heavy (non-hydrogen) atoms. The van der Waals surface area contributed by atoms with Crippen LogP contribution in [0.3, 0.4) is 0 Å². The van der Waals surface area contributed by atoms with Crippen LogP contribution in [-0.4, -0.2) is 14.8 Å². The average molecular weight is 234 g/mol. The van der Waals surface area contributed by atoms with E-state index in [2.05, 4.69) is 15.4 Å². The number of benzene rings is 1. The van der Waals surface area contributed by atoms with Gasteiger partial charge in [0.25, 0.3) is 0 Å². The number of hydrogen-bond acceptors (Lipinski definition) is 3. The molecule has 0 fully saturated rings. The van der Waals surface area contributed by atoms with Gasteiger partial charge in [-0.05, 0) is 25.5 Å². The standard InChI is InChI=1S/C12H15FN4/c1-3-17-11(15-8-16-17)7-14-12-9(2)5-4-6-10(12)13/h4-6,8,14H,3,7H2,1-2H3. The van der Waals surface area contributed by atoms with Gasteiger partial charge in [0.15, 0.2) is 0 Å². The smallest absolute Gasteiger partial charge is 0.146 e. The Hall–Kier alpha value is -1.91. The SMILES string of the molecule is CCn1ncnc1CNc1c(C)cccc1F. The molecule has 0 aliphatic carbocycles. The fourth-order valence-electron chi connectivity index (χ4n) is 1.71. The van der Waals surface area contributed by atoms with Crippen LogP contribution in [0.2, 0.25) is 0 Å². The number of para-hydroxylation sites is 1. The largest absolute Gasteiger partial charge is 0.375 e. The number of anilines is 1. The van der Waals surface area contributed by atoms with Crippen molar-refractivity contribution in [3.05, 3.63) is 41.7 Å². The van der Waals surface area contributed by atoms with Crippen molar-refractivity contribution in [2.24, 2.45) is 0 Å². The van der Waals surface area contributed by atoms with Gasteiger partial charge < -0.3 is 5.32 Å². The van der Waals surface area contributed by atoms with E-state index in [1.165, 1.54) is 12.4 Å². The third-order valence-corrected chi connectivity index (χ3v) is 2.64. The van der Waals surface area contributed by atoms with Crippen LogP contribution in [-0.2, 0) is 13.1 Å². The van der Waals surface area contributed by atoms with Crippen molar-refractivity contribution in [2.75, 3.05) is 5.32 Å². The minimum absolute atomic E-state index is 0.243. The van der Waals surface area contributed by atoms with Gasteiger partial charge in [-0.3, -0.25) is 0 Å². The molecule has 1 N–H and O–H groups in total. The van der Waals surface area contributed by atoms with Crippen molar-refractivity contribution in [2.45, 2.75) is 26.9 Å². The summed E-state index contributed by atoms with van der Waals surface area (Å²) in [5, 5.41) is 7.12. The number of aryl methyl sites for hydroxylation is 2. The third kappa shape index (κ3) is 2.43. The second-order valence-electron chi connectivity index (χ2n) is 3.78. The second-order valence-corrected chi connectivity index (χ2v) is 3.78. The Balaban J connectivity index is 2.13. The highest BCUT2D eigenvalue weighted by Crippen LogP contribution is 2.19. The molecule has 4 nitrogen and oxygen atoms in total. The number of halogens is 1. The van der Waals surface area contributed by atoms with Crippen molar-refractivity contribution in [1.82, 2.24) is 14.8 Å². The summed E-state index contributed by atoms with van der Waals surface area (Å²) in [6.45, 7) is 5.09. The maximum absolute atomic E-state index is 13.6. The Morgan fingerprint density at radius 2 is 2.24 bits per heavy atom. The lowest BCUT2D eigenvalue weighted by atomic mass is 10.2. The number of nitrogens with one attached hydrogen (secondary N) is 1. The van der Waals surface area contributed by atoms with E-state index in [9.17, 15) is 4.39 Å². The molecule has 0 atom stereocenters. The first-order chi connectivity index (χ1) is 8.22. The molecule has 0 aliphatic rings. The molecule has 1 aromatic heterocycles. The fraction of sp³-hybridized carbons (Fsp3) is 0.333. The fourth-order valence-corrected chi connectivity index (χ4v) is 1.71. The Morgan fingerprint density at radius 3 is 2.94 bits per heavy atom. The summed E-state index contributed by atoms with van der Waals surface area (Å²) < 4.78 is 15.3. The van der Waals surface area contributed by atoms with E-state index in [1.807, 2.05) is 19.9 Å². The third-order valence-electron chi connectivity index (χ3n) is 2.64. The molecule has 0 saturated carbocycles. The van der Waals surface area contributed by atoms with E-state index >= 15 is 0 Å². The summed E-state index contributed by atoms with van der Waals surface area (Å²) in [5.41, 5.74) is 1.41. The van der Waals surface area contributed by atoms with Crippen LogP contribution in [0.25, 0.3) is 0 Å². The molecular formula is C12H15FN4. The van der Waals surface area contributed by atoms with Gasteiger partial charge in [0, 0.05) is 6.54 Å². The zero-order valence-electron chi connectivity index (χ0n) is 9.94. The summed E-state index contributed by atoms with van der Waals surface area (Å²) in [7, 11) is 0. The Labute approximate surface area is 99.5 Å². The Morgan fingerprint density at radius 1 is 1.41 bits per heavy atom. The Bertz CT molecular complexity index is 487. The molecule has 0 radical (unpaired) electrons. The van der Waals surface area contributed by atoms with Gasteiger partial charge in [0.1, 0.15) is 18.0 Å². The minimum Gasteiger partial charge on any atom is -0.375 e. The van der Waals surface area contributed by atoms with Crippen molar-refractivity contribution >= 4 is 5.69 Å². The number of nitrogens with zero attached hydrogens (tertiary/aromatic N) is 3. The van der Waals surface area contributed by atoms with E-state index in [0.717, 1.165) is 17.9 Å². The van der Waals surface area contributed by atoms with Crippen molar-refractivity contribution in [3.8, 4) is 0 Å². The molecule has 1 heterocycles.